The third kappa shape index (κ3) is 3.19. The SMILES string of the molecule is C=CC(=O)Nc1ccccc1CNC(=O)[C@@]1(O)CC2O[C@]1(C)n1c3ccccc3c3c4c(c5c6ccccc6n2c5c31)C(=O)NC4. The lowest BCUT2D eigenvalue weighted by Gasteiger charge is -2.38. The van der Waals surface area contributed by atoms with Gasteiger partial charge in [-0.2, -0.15) is 0 Å². The summed E-state index contributed by atoms with van der Waals surface area (Å²) < 4.78 is 10.9. The van der Waals surface area contributed by atoms with Crippen molar-refractivity contribution >= 4 is 67.0 Å². The maximum atomic E-state index is 14.3. The average Bonchev–Trinajstić information content (AvgIpc) is 3.77. The molecule has 0 radical (unpaired) electrons. The third-order valence-corrected chi connectivity index (χ3v) is 10.1. The molecule has 10 nitrogen and oxygen atoms in total. The number of carbonyl (C=O) groups excluding carboxylic acids is 3. The van der Waals surface area contributed by atoms with Gasteiger partial charge in [0.15, 0.2) is 11.3 Å². The van der Waals surface area contributed by atoms with E-state index in [1.807, 2.05) is 59.2 Å². The molecule has 3 aliphatic rings. The van der Waals surface area contributed by atoms with Crippen LogP contribution in [0, 0.1) is 0 Å². The Hall–Kier alpha value is -5.45. The number of carbonyl (C=O) groups is 3. The van der Waals surface area contributed by atoms with Crippen molar-refractivity contribution in [3.63, 3.8) is 0 Å². The zero-order valence-electron chi connectivity index (χ0n) is 24.9. The summed E-state index contributed by atoms with van der Waals surface area (Å²) in [5, 5.41) is 25.0. The smallest absolute Gasteiger partial charge is 0.257 e. The van der Waals surface area contributed by atoms with Gasteiger partial charge in [-0.25, -0.2) is 0 Å². The van der Waals surface area contributed by atoms with E-state index in [1.165, 1.54) is 6.08 Å². The van der Waals surface area contributed by atoms with Gasteiger partial charge in [-0.3, -0.25) is 14.4 Å². The first-order chi connectivity index (χ1) is 22.3. The van der Waals surface area contributed by atoms with Gasteiger partial charge in [0, 0.05) is 46.7 Å². The van der Waals surface area contributed by atoms with Gasteiger partial charge in [0.25, 0.3) is 11.8 Å². The van der Waals surface area contributed by atoms with Crippen molar-refractivity contribution in [1.82, 2.24) is 19.8 Å². The topological polar surface area (TPSA) is 127 Å². The molecule has 2 bridgehead atoms. The van der Waals surface area contributed by atoms with Crippen LogP contribution in [0.2, 0.25) is 0 Å². The Balaban J connectivity index is 1.28. The quantitative estimate of drug-likeness (QED) is 0.206. The monoisotopic (exact) mass is 611 g/mol. The fourth-order valence-electron chi connectivity index (χ4n) is 8.05. The summed E-state index contributed by atoms with van der Waals surface area (Å²) in [7, 11) is 0. The highest BCUT2D eigenvalue weighted by Gasteiger charge is 2.65. The van der Waals surface area contributed by atoms with Crippen molar-refractivity contribution in [2.45, 2.75) is 44.0 Å². The minimum atomic E-state index is -2.01. The van der Waals surface area contributed by atoms with Crippen LogP contribution in [-0.2, 0) is 33.1 Å². The van der Waals surface area contributed by atoms with Crippen molar-refractivity contribution in [3.8, 4) is 0 Å². The average molecular weight is 612 g/mol. The van der Waals surface area contributed by atoms with E-state index >= 15 is 0 Å². The lowest BCUT2D eigenvalue weighted by Crippen LogP contribution is -2.59. The molecule has 4 N–H and O–H groups in total. The predicted octanol–water partition coefficient (Wildman–Crippen LogP) is 4.92. The molecule has 1 unspecified atom stereocenters. The molecule has 228 valence electrons. The van der Waals surface area contributed by atoms with Gasteiger partial charge in [-0.1, -0.05) is 61.2 Å². The molecule has 5 heterocycles. The number of aromatic nitrogens is 2. The lowest BCUT2D eigenvalue weighted by molar-refractivity contribution is -0.187. The molecule has 0 aliphatic carbocycles. The van der Waals surface area contributed by atoms with Crippen LogP contribution in [0.5, 0.6) is 0 Å². The number of anilines is 1. The number of fused-ring (bicyclic) bond motifs is 13. The van der Waals surface area contributed by atoms with Crippen molar-refractivity contribution in [2.24, 2.45) is 0 Å². The van der Waals surface area contributed by atoms with E-state index in [0.29, 0.717) is 23.4 Å². The van der Waals surface area contributed by atoms with E-state index in [0.717, 1.165) is 49.2 Å². The number of hydrogen-bond donors (Lipinski definition) is 4. The van der Waals surface area contributed by atoms with Crippen LogP contribution in [0.3, 0.4) is 0 Å². The Morgan fingerprint density at radius 2 is 1.72 bits per heavy atom. The summed E-state index contributed by atoms with van der Waals surface area (Å²) in [5.41, 5.74) is 2.55. The van der Waals surface area contributed by atoms with Gasteiger partial charge in [0.2, 0.25) is 5.91 Å². The van der Waals surface area contributed by atoms with Crippen LogP contribution in [0.25, 0.3) is 43.6 Å². The molecule has 3 aliphatic heterocycles. The summed E-state index contributed by atoms with van der Waals surface area (Å²) >= 11 is 0. The number of para-hydroxylation sites is 3. The van der Waals surface area contributed by atoms with E-state index in [9.17, 15) is 19.5 Å². The molecule has 1 saturated heterocycles. The molecular weight excluding hydrogens is 582 g/mol. The number of ether oxygens (including phenoxy) is 1. The first kappa shape index (κ1) is 26.9. The van der Waals surface area contributed by atoms with Crippen LogP contribution in [0.1, 0.15) is 41.1 Å². The number of nitrogens with one attached hydrogen (secondary N) is 3. The number of benzene rings is 4. The van der Waals surface area contributed by atoms with E-state index in [4.69, 9.17) is 4.74 Å². The predicted molar refractivity (Wildman–Crippen MR) is 174 cm³/mol. The maximum Gasteiger partial charge on any atom is 0.257 e. The second kappa shape index (κ2) is 9.06. The Bertz CT molecular complexity index is 2390. The fraction of sp³-hybridized carbons (Fsp3) is 0.194. The molecule has 2 aromatic heterocycles. The number of nitrogens with zero attached hydrogens (tertiary/aromatic N) is 2. The first-order valence-corrected chi connectivity index (χ1v) is 15.3. The van der Waals surface area contributed by atoms with Crippen molar-refractivity contribution in [3.05, 3.63) is 102 Å². The number of rotatable bonds is 5. The van der Waals surface area contributed by atoms with Crippen LogP contribution in [0.15, 0.2) is 85.5 Å². The Labute approximate surface area is 262 Å². The van der Waals surface area contributed by atoms with Gasteiger partial charge in [-0.05, 0) is 42.3 Å². The van der Waals surface area contributed by atoms with E-state index in [2.05, 4.69) is 27.1 Å². The molecule has 1 fully saturated rings. The molecule has 3 atom stereocenters. The maximum absolute atomic E-state index is 14.3. The third-order valence-electron chi connectivity index (χ3n) is 10.1. The summed E-state index contributed by atoms with van der Waals surface area (Å²) in [6.07, 6.45) is 0.433. The molecule has 46 heavy (non-hydrogen) atoms. The van der Waals surface area contributed by atoms with Gasteiger partial charge in [0.05, 0.1) is 27.6 Å². The minimum absolute atomic E-state index is 0.0331. The molecule has 3 amide bonds. The highest BCUT2D eigenvalue weighted by molar-refractivity contribution is 6.31. The van der Waals surface area contributed by atoms with E-state index < -0.39 is 23.5 Å². The van der Waals surface area contributed by atoms with Crippen LogP contribution >= 0.6 is 0 Å². The standard InChI is InChI=1S/C36H29N5O5/c1-3-26(42)39-23-13-7-4-10-19(23)17-38-34(44)36(45)16-27-40-24-14-8-5-11-20(24)29-30-22(18-37-33(30)43)28-21-12-6-9-15-25(21)41(32(28)31(29)40)35(36,2)46-27/h3-15,27,45H,1,16-18H2,2H3,(H,37,43)(H,38,44)(H,39,42)/t27?,35-,36-/m0/s1. The van der Waals surface area contributed by atoms with Gasteiger partial charge >= 0.3 is 0 Å². The molecule has 0 spiro atoms. The minimum Gasteiger partial charge on any atom is -0.376 e. The zero-order valence-corrected chi connectivity index (χ0v) is 24.9. The largest absolute Gasteiger partial charge is 0.376 e. The number of hydrogen-bond acceptors (Lipinski definition) is 5. The van der Waals surface area contributed by atoms with Crippen molar-refractivity contribution < 1.29 is 24.2 Å². The van der Waals surface area contributed by atoms with Crippen LogP contribution in [-0.4, -0.2) is 37.6 Å². The Kier molecular flexibility index (Phi) is 5.30. The lowest BCUT2D eigenvalue weighted by atomic mass is 9.87. The van der Waals surface area contributed by atoms with Gasteiger partial charge in [-0.15, -0.1) is 0 Å². The van der Waals surface area contributed by atoms with E-state index in [1.54, 1.807) is 25.1 Å². The summed E-state index contributed by atoms with van der Waals surface area (Å²) in [4.78, 5) is 39.8. The highest BCUT2D eigenvalue weighted by Crippen LogP contribution is 2.57. The van der Waals surface area contributed by atoms with E-state index in [-0.39, 0.29) is 24.8 Å². The fourth-order valence-corrected chi connectivity index (χ4v) is 8.05. The van der Waals surface area contributed by atoms with Crippen molar-refractivity contribution in [2.75, 3.05) is 5.32 Å². The molecule has 0 saturated carbocycles. The summed E-state index contributed by atoms with van der Waals surface area (Å²) in [5.74, 6) is -1.07. The summed E-state index contributed by atoms with van der Waals surface area (Å²) in [6.45, 7) is 5.73. The van der Waals surface area contributed by atoms with Gasteiger partial charge < -0.3 is 34.9 Å². The van der Waals surface area contributed by atoms with Crippen molar-refractivity contribution in [1.29, 1.82) is 0 Å². The molecular formula is C36H29N5O5. The first-order valence-electron chi connectivity index (χ1n) is 15.3. The Morgan fingerprint density at radius 3 is 2.50 bits per heavy atom. The van der Waals surface area contributed by atoms with Gasteiger partial charge in [0.1, 0.15) is 6.23 Å². The molecule has 10 heteroatoms. The normalized spacial score (nSPS) is 22.8. The van der Waals surface area contributed by atoms with Crippen LogP contribution in [0.4, 0.5) is 5.69 Å². The molecule has 6 aromatic rings. The summed E-state index contributed by atoms with van der Waals surface area (Å²) in [6, 6.07) is 22.9. The van der Waals surface area contributed by atoms with Crippen LogP contribution < -0.4 is 16.0 Å². The number of amides is 3. The zero-order chi connectivity index (χ0) is 31.5. The second-order valence-corrected chi connectivity index (χ2v) is 12.4. The molecule has 9 rings (SSSR count). The highest BCUT2D eigenvalue weighted by atomic mass is 16.6. The Morgan fingerprint density at radius 1 is 1.02 bits per heavy atom. The molecule has 4 aromatic carbocycles. The second-order valence-electron chi connectivity index (χ2n) is 12.4. The number of aliphatic hydroxyl groups is 1.